The fourth-order valence-electron chi connectivity index (χ4n) is 5.84. The fourth-order valence-corrected chi connectivity index (χ4v) is 6.86. The van der Waals surface area contributed by atoms with E-state index in [1.807, 2.05) is 0 Å². The lowest BCUT2D eigenvalue weighted by atomic mass is 10.1. The van der Waals surface area contributed by atoms with Gasteiger partial charge in [0.25, 0.3) is 0 Å². The Morgan fingerprint density at radius 1 is 0.409 bits per heavy atom. The average molecular weight is 846 g/mol. The van der Waals surface area contributed by atoms with E-state index in [4.69, 9.17) is 18.9 Å². The standard InChI is InChI=1S/C28H32F4I2N6O4/c29-17-21(33)18(30)26(38-3-11-42-12-4-38)23(25(17)37-1-9-41-10-2-37)35-36-24-27(39-5-13-43-14-6-39)19(31)22(34)20(32)28(24)40-7-15-44-16-8-40/h1-16H2. The van der Waals surface area contributed by atoms with Crippen molar-refractivity contribution in [2.75, 3.05) is 125 Å². The molecular formula is C28H32F4I2N6O4. The molecule has 0 saturated carbocycles. The van der Waals surface area contributed by atoms with Crippen molar-refractivity contribution >= 4 is 79.3 Å². The predicted octanol–water partition coefficient (Wildman–Crippen LogP) is 5.21. The molecule has 44 heavy (non-hydrogen) atoms. The van der Waals surface area contributed by atoms with Crippen LogP contribution in [0.3, 0.4) is 0 Å². The third-order valence-corrected chi connectivity index (χ3v) is 9.95. The van der Waals surface area contributed by atoms with E-state index in [-0.39, 0.29) is 41.3 Å². The maximum atomic E-state index is 16.1. The maximum Gasteiger partial charge on any atom is 0.165 e. The molecule has 0 amide bonds. The van der Waals surface area contributed by atoms with Crippen molar-refractivity contribution < 1.29 is 36.5 Å². The molecule has 6 rings (SSSR count). The molecule has 0 bridgehead atoms. The number of hydrogen-bond donors (Lipinski definition) is 0. The number of nitrogens with zero attached hydrogens (tertiary/aromatic N) is 6. The van der Waals surface area contributed by atoms with Crippen LogP contribution < -0.4 is 19.6 Å². The summed E-state index contributed by atoms with van der Waals surface area (Å²) in [6.07, 6.45) is 0. The van der Waals surface area contributed by atoms with Gasteiger partial charge in [-0.1, -0.05) is 0 Å². The molecule has 4 fully saturated rings. The third kappa shape index (κ3) is 6.30. The van der Waals surface area contributed by atoms with Gasteiger partial charge in [-0.2, -0.15) is 0 Å². The zero-order valence-electron chi connectivity index (χ0n) is 23.9. The maximum absolute atomic E-state index is 16.1. The number of halogens is 6. The van der Waals surface area contributed by atoms with Crippen LogP contribution in [0.15, 0.2) is 10.2 Å². The van der Waals surface area contributed by atoms with Crippen LogP contribution in [-0.2, 0) is 18.9 Å². The molecule has 2 aromatic carbocycles. The van der Waals surface area contributed by atoms with Crippen molar-refractivity contribution in [3.63, 3.8) is 0 Å². The molecule has 0 aliphatic carbocycles. The van der Waals surface area contributed by atoms with Crippen LogP contribution in [0, 0.1) is 30.4 Å². The van der Waals surface area contributed by atoms with Gasteiger partial charge in [0, 0.05) is 52.4 Å². The number of benzene rings is 2. The quantitative estimate of drug-likeness (QED) is 0.170. The van der Waals surface area contributed by atoms with Gasteiger partial charge in [0.1, 0.15) is 34.1 Å². The van der Waals surface area contributed by atoms with Crippen LogP contribution in [0.2, 0.25) is 0 Å². The van der Waals surface area contributed by atoms with E-state index in [9.17, 15) is 0 Å². The number of rotatable bonds is 6. The van der Waals surface area contributed by atoms with Gasteiger partial charge >= 0.3 is 0 Å². The minimum atomic E-state index is -0.766. The molecule has 16 heteroatoms. The van der Waals surface area contributed by atoms with E-state index < -0.39 is 23.3 Å². The lowest BCUT2D eigenvalue weighted by Gasteiger charge is -2.35. The van der Waals surface area contributed by atoms with Gasteiger partial charge in [-0.3, -0.25) is 0 Å². The van der Waals surface area contributed by atoms with Gasteiger partial charge in [0.2, 0.25) is 0 Å². The van der Waals surface area contributed by atoms with Crippen LogP contribution in [0.1, 0.15) is 0 Å². The highest BCUT2D eigenvalue weighted by Crippen LogP contribution is 2.49. The van der Waals surface area contributed by atoms with Crippen molar-refractivity contribution in [3.05, 3.63) is 30.4 Å². The molecule has 0 spiro atoms. The van der Waals surface area contributed by atoms with Crippen molar-refractivity contribution in [2.45, 2.75) is 0 Å². The van der Waals surface area contributed by atoms with E-state index in [2.05, 4.69) is 10.2 Å². The van der Waals surface area contributed by atoms with Gasteiger partial charge in [0.15, 0.2) is 23.3 Å². The van der Waals surface area contributed by atoms with Crippen LogP contribution in [0.5, 0.6) is 0 Å². The summed E-state index contributed by atoms with van der Waals surface area (Å²) >= 11 is 3.35. The molecular weight excluding hydrogens is 814 g/mol. The Morgan fingerprint density at radius 3 is 0.818 bits per heavy atom. The third-order valence-electron chi connectivity index (χ3n) is 8.06. The summed E-state index contributed by atoms with van der Waals surface area (Å²) in [4.78, 5) is 7.05. The molecule has 0 atom stereocenters. The van der Waals surface area contributed by atoms with Crippen LogP contribution in [0.4, 0.5) is 51.7 Å². The second kappa shape index (κ2) is 14.4. The van der Waals surface area contributed by atoms with E-state index >= 15 is 17.6 Å². The van der Waals surface area contributed by atoms with Gasteiger partial charge < -0.3 is 38.5 Å². The van der Waals surface area contributed by atoms with Crippen molar-refractivity contribution in [1.29, 1.82) is 0 Å². The Morgan fingerprint density at radius 2 is 0.614 bits per heavy atom. The van der Waals surface area contributed by atoms with Crippen LogP contribution in [-0.4, -0.2) is 105 Å². The lowest BCUT2D eigenvalue weighted by molar-refractivity contribution is 0.121. The highest BCUT2D eigenvalue weighted by molar-refractivity contribution is 14.1. The molecule has 4 saturated heterocycles. The van der Waals surface area contributed by atoms with Gasteiger partial charge in [0.05, 0.1) is 60.0 Å². The number of hydrogen-bond acceptors (Lipinski definition) is 10. The van der Waals surface area contributed by atoms with Gasteiger partial charge in [-0.15, -0.1) is 10.2 Å². The first-order chi connectivity index (χ1) is 21.4. The molecule has 4 aliphatic heterocycles. The molecule has 0 N–H and O–H groups in total. The Hall–Kier alpha value is -1.74. The Bertz CT molecular complexity index is 1210. The topological polar surface area (TPSA) is 74.6 Å². The van der Waals surface area contributed by atoms with Crippen molar-refractivity contribution in [2.24, 2.45) is 10.2 Å². The van der Waals surface area contributed by atoms with E-state index in [1.165, 1.54) is 0 Å². The zero-order chi connectivity index (χ0) is 30.8. The fraction of sp³-hybridized carbons (Fsp3) is 0.571. The second-order valence-corrected chi connectivity index (χ2v) is 12.7. The summed E-state index contributed by atoms with van der Waals surface area (Å²) in [5.74, 6) is -3.06. The summed E-state index contributed by atoms with van der Waals surface area (Å²) in [6.45, 7) is 5.68. The lowest BCUT2D eigenvalue weighted by Crippen LogP contribution is -2.39. The smallest absolute Gasteiger partial charge is 0.165 e. The summed E-state index contributed by atoms with van der Waals surface area (Å²) in [5, 5.41) is 9.08. The summed E-state index contributed by atoms with van der Waals surface area (Å²) < 4.78 is 85.9. The first-order valence-corrected chi connectivity index (χ1v) is 16.7. The van der Waals surface area contributed by atoms with Gasteiger partial charge in [-0.05, 0) is 45.2 Å². The zero-order valence-corrected chi connectivity index (χ0v) is 28.2. The first-order valence-electron chi connectivity index (χ1n) is 14.5. The van der Waals surface area contributed by atoms with E-state index in [0.717, 1.165) is 0 Å². The van der Waals surface area contributed by atoms with Crippen molar-refractivity contribution in [3.8, 4) is 0 Å². The first kappa shape index (κ1) is 32.2. The molecule has 4 heterocycles. The van der Waals surface area contributed by atoms with E-state index in [1.54, 1.807) is 64.8 Å². The van der Waals surface area contributed by atoms with Crippen LogP contribution >= 0.6 is 45.2 Å². The molecule has 240 valence electrons. The summed E-state index contributed by atoms with van der Waals surface area (Å²) in [6, 6.07) is 0. The summed E-state index contributed by atoms with van der Waals surface area (Å²) in [7, 11) is 0. The second-order valence-electron chi connectivity index (χ2n) is 10.6. The van der Waals surface area contributed by atoms with Crippen LogP contribution in [0.25, 0.3) is 0 Å². The SMILES string of the molecule is Fc1c(I)c(F)c(N2CCOCC2)c(N=Nc2c(N3CCOCC3)c(F)c(I)c(F)c2N2CCOCC2)c1N1CCOCC1. The number of morpholine rings is 4. The number of ether oxygens (including phenoxy) is 4. The molecule has 0 unspecified atom stereocenters. The molecule has 2 aromatic rings. The monoisotopic (exact) mass is 846 g/mol. The largest absolute Gasteiger partial charge is 0.378 e. The summed E-state index contributed by atoms with van der Waals surface area (Å²) in [5.41, 5.74) is 0.246. The highest BCUT2D eigenvalue weighted by atomic mass is 127. The molecule has 10 nitrogen and oxygen atoms in total. The molecule has 0 radical (unpaired) electrons. The van der Waals surface area contributed by atoms with E-state index in [0.29, 0.717) is 105 Å². The number of azo groups is 1. The molecule has 4 aliphatic rings. The highest BCUT2D eigenvalue weighted by Gasteiger charge is 2.34. The predicted molar refractivity (Wildman–Crippen MR) is 174 cm³/mol. The average Bonchev–Trinajstić information content (AvgIpc) is 3.07. The Kier molecular flexibility index (Phi) is 10.5. The molecule has 0 aromatic heterocycles. The van der Waals surface area contributed by atoms with Gasteiger partial charge in [-0.25, -0.2) is 17.6 Å². The van der Waals surface area contributed by atoms with Crippen molar-refractivity contribution in [1.82, 2.24) is 0 Å². The number of anilines is 4. The minimum absolute atomic E-state index is 0.0376. The Balaban J connectivity index is 1.59. The normalized spacial score (nSPS) is 20.2. The minimum Gasteiger partial charge on any atom is -0.378 e. The Labute approximate surface area is 279 Å².